The topological polar surface area (TPSA) is 68.9 Å². The molecule has 6 heteroatoms. The molecule has 5 rings (SSSR count). The van der Waals surface area contributed by atoms with E-state index in [0.29, 0.717) is 27.9 Å². The number of hydrogen-bond donors (Lipinski definition) is 3. The molecule has 0 saturated carbocycles. The van der Waals surface area contributed by atoms with Gasteiger partial charge in [0.25, 0.3) is 0 Å². The maximum Gasteiger partial charge on any atom is 0.352 e. The van der Waals surface area contributed by atoms with Gasteiger partial charge in [0.05, 0.1) is 5.69 Å². The predicted octanol–water partition coefficient (Wildman–Crippen LogP) is 6.47. The minimum Gasteiger partial charge on any atom is -0.477 e. The lowest BCUT2D eigenvalue weighted by Gasteiger charge is -2.17. The molecule has 0 amide bonds. The summed E-state index contributed by atoms with van der Waals surface area (Å²) in [4.78, 5) is 18.4. The van der Waals surface area contributed by atoms with Crippen LogP contribution in [0.4, 0.5) is 8.78 Å². The van der Waals surface area contributed by atoms with Gasteiger partial charge in [0, 0.05) is 34.1 Å². The smallest absolute Gasteiger partial charge is 0.352 e. The van der Waals surface area contributed by atoms with E-state index < -0.39 is 18.3 Å². The minimum atomic E-state index is -2.65. The Morgan fingerprint density at radius 3 is 2.65 bits per heavy atom. The zero-order valence-electron chi connectivity index (χ0n) is 16.7. The zero-order chi connectivity index (χ0) is 21.7. The highest BCUT2D eigenvalue weighted by molar-refractivity contribution is 6.03. The first-order valence-corrected chi connectivity index (χ1v) is 10.1. The molecule has 2 aromatic heterocycles. The van der Waals surface area contributed by atoms with Gasteiger partial charge in [-0.2, -0.15) is 0 Å². The van der Waals surface area contributed by atoms with Crippen LogP contribution in [0.25, 0.3) is 39.4 Å². The van der Waals surface area contributed by atoms with Gasteiger partial charge in [0.1, 0.15) is 5.69 Å². The van der Waals surface area contributed by atoms with Crippen LogP contribution in [-0.4, -0.2) is 27.5 Å². The number of aromatic nitrogens is 2. The van der Waals surface area contributed by atoms with Crippen molar-refractivity contribution in [3.63, 3.8) is 0 Å². The van der Waals surface area contributed by atoms with Crippen molar-refractivity contribution in [2.75, 3.05) is 0 Å². The molecule has 4 aromatic rings. The molecule has 0 aliphatic heterocycles. The van der Waals surface area contributed by atoms with Gasteiger partial charge in [-0.05, 0) is 40.8 Å². The van der Waals surface area contributed by atoms with Gasteiger partial charge >= 0.3 is 5.97 Å². The molecule has 0 spiro atoms. The average Bonchev–Trinajstić information content (AvgIpc) is 3.49. The quantitative estimate of drug-likeness (QED) is 0.348. The zero-order valence-corrected chi connectivity index (χ0v) is 16.7. The number of nitrogens with one attached hydrogen (secondary N) is 2. The second-order valence-corrected chi connectivity index (χ2v) is 7.82. The average molecular weight is 418 g/mol. The molecule has 2 aromatic carbocycles. The van der Waals surface area contributed by atoms with E-state index in [2.05, 4.69) is 9.97 Å². The number of benzene rings is 2. The van der Waals surface area contributed by atoms with E-state index in [0.717, 1.165) is 28.5 Å². The summed E-state index contributed by atoms with van der Waals surface area (Å²) in [6.45, 7) is 1.45. The van der Waals surface area contributed by atoms with E-state index in [1.165, 1.54) is 6.92 Å². The summed E-state index contributed by atoms with van der Waals surface area (Å²) in [7, 11) is 0. The number of allylic oxidation sites excluding steroid dienone is 1. The first-order chi connectivity index (χ1) is 15.0. The number of H-pyrrole nitrogens is 2. The predicted molar refractivity (Wildman–Crippen MR) is 118 cm³/mol. The highest BCUT2D eigenvalue weighted by Gasteiger charge is 2.32. The normalized spacial score (nSPS) is 13.8. The van der Waals surface area contributed by atoms with Gasteiger partial charge in [-0.25, -0.2) is 13.6 Å². The maximum absolute atomic E-state index is 14.1. The number of carbonyl (C=O) groups is 1. The number of aromatic amines is 2. The fourth-order valence-corrected chi connectivity index (χ4v) is 4.56. The standard InChI is InChI=1S/C25H20F2N2O2/c1-13(24(26)27)20-21(17-8-3-6-14-5-2-7-15(14)17)23(25(30)31)29-22(20)18-9-4-10-19-16(18)11-12-28-19/h2-4,6-13,24,28-29H,5H2,1H3,(H,30,31). The van der Waals surface area contributed by atoms with Crippen LogP contribution < -0.4 is 0 Å². The van der Waals surface area contributed by atoms with Crippen molar-refractivity contribution in [3.8, 4) is 22.4 Å². The Morgan fingerprint density at radius 1 is 1.10 bits per heavy atom. The second-order valence-electron chi connectivity index (χ2n) is 7.82. The van der Waals surface area contributed by atoms with Gasteiger partial charge < -0.3 is 15.1 Å². The lowest BCUT2D eigenvalue weighted by atomic mass is 9.87. The highest BCUT2D eigenvalue weighted by Crippen LogP contribution is 2.45. The van der Waals surface area contributed by atoms with Crippen LogP contribution in [0, 0.1) is 0 Å². The number of carboxylic acid groups (broad SMARTS) is 1. The number of hydrogen-bond acceptors (Lipinski definition) is 1. The van der Waals surface area contributed by atoms with Crippen LogP contribution in [0.15, 0.2) is 54.7 Å². The largest absolute Gasteiger partial charge is 0.477 e. The number of aromatic carboxylic acids is 1. The molecule has 0 saturated heterocycles. The van der Waals surface area contributed by atoms with Crippen molar-refractivity contribution < 1.29 is 18.7 Å². The van der Waals surface area contributed by atoms with Gasteiger partial charge in [0.2, 0.25) is 6.43 Å². The van der Waals surface area contributed by atoms with E-state index in [4.69, 9.17) is 0 Å². The molecule has 1 aliphatic rings. The Bertz CT molecular complexity index is 1350. The second kappa shape index (κ2) is 7.23. The number of carboxylic acids is 1. The summed E-state index contributed by atoms with van der Waals surface area (Å²) < 4.78 is 28.1. The van der Waals surface area contributed by atoms with E-state index in [-0.39, 0.29) is 5.69 Å². The number of alkyl halides is 2. The monoisotopic (exact) mass is 418 g/mol. The molecule has 1 aliphatic carbocycles. The van der Waals surface area contributed by atoms with Crippen LogP contribution in [0.5, 0.6) is 0 Å². The molecular weight excluding hydrogens is 398 g/mol. The molecule has 1 unspecified atom stereocenters. The Balaban J connectivity index is 1.89. The van der Waals surface area contributed by atoms with Crippen molar-refractivity contribution in [2.24, 2.45) is 0 Å². The van der Waals surface area contributed by atoms with Crippen LogP contribution in [-0.2, 0) is 6.42 Å². The summed E-state index contributed by atoms with van der Waals surface area (Å²) in [6, 6.07) is 13.1. The summed E-state index contributed by atoms with van der Waals surface area (Å²) in [6.07, 6.45) is 3.81. The highest BCUT2D eigenvalue weighted by atomic mass is 19.3. The van der Waals surface area contributed by atoms with Crippen LogP contribution >= 0.6 is 0 Å². The maximum atomic E-state index is 14.1. The lowest BCUT2D eigenvalue weighted by molar-refractivity contribution is 0.0692. The fraction of sp³-hybridized carbons (Fsp3) is 0.160. The Labute approximate surface area is 177 Å². The van der Waals surface area contributed by atoms with Crippen molar-refractivity contribution in [3.05, 3.63) is 77.1 Å². The molecule has 156 valence electrons. The van der Waals surface area contributed by atoms with Crippen LogP contribution in [0.2, 0.25) is 0 Å². The summed E-state index contributed by atoms with van der Waals surface area (Å²) in [5, 5.41) is 10.9. The van der Waals surface area contributed by atoms with E-state index >= 15 is 0 Å². The van der Waals surface area contributed by atoms with E-state index in [1.54, 1.807) is 6.20 Å². The molecule has 3 N–H and O–H groups in total. The Kier molecular flexibility index (Phi) is 4.50. The van der Waals surface area contributed by atoms with Gasteiger partial charge in [0.15, 0.2) is 0 Å². The first-order valence-electron chi connectivity index (χ1n) is 10.1. The number of fused-ring (bicyclic) bond motifs is 2. The Morgan fingerprint density at radius 2 is 1.87 bits per heavy atom. The Hall–Kier alpha value is -3.67. The molecule has 4 nitrogen and oxygen atoms in total. The SMILES string of the molecule is CC(c1c(-c2cccc3[nH]ccc23)[nH]c(C(=O)O)c1-c1cccc2c1C=CC2)C(F)F. The number of rotatable bonds is 5. The number of halogens is 2. The van der Waals surface area contributed by atoms with Gasteiger partial charge in [-0.15, -0.1) is 0 Å². The van der Waals surface area contributed by atoms with E-state index in [1.807, 2.05) is 54.6 Å². The first kappa shape index (κ1) is 19.3. The van der Waals surface area contributed by atoms with E-state index in [9.17, 15) is 18.7 Å². The van der Waals surface area contributed by atoms with Crippen molar-refractivity contribution >= 4 is 22.9 Å². The van der Waals surface area contributed by atoms with Gasteiger partial charge in [-0.1, -0.05) is 49.4 Å². The summed E-state index contributed by atoms with van der Waals surface area (Å²) in [5.41, 5.74) is 5.17. The van der Waals surface area contributed by atoms with Crippen LogP contribution in [0.1, 0.15) is 40.0 Å². The van der Waals surface area contributed by atoms with Crippen LogP contribution in [0.3, 0.4) is 0 Å². The fourth-order valence-electron chi connectivity index (χ4n) is 4.56. The summed E-state index contributed by atoms with van der Waals surface area (Å²) >= 11 is 0. The van der Waals surface area contributed by atoms with Crippen molar-refractivity contribution in [1.29, 1.82) is 0 Å². The molecule has 0 fully saturated rings. The molecule has 0 bridgehead atoms. The lowest BCUT2D eigenvalue weighted by Crippen LogP contribution is -2.08. The minimum absolute atomic E-state index is 0.0706. The van der Waals surface area contributed by atoms with Gasteiger partial charge in [-0.3, -0.25) is 0 Å². The molecular formula is C25H20F2N2O2. The third kappa shape index (κ3) is 2.98. The molecule has 0 radical (unpaired) electrons. The molecule has 31 heavy (non-hydrogen) atoms. The van der Waals surface area contributed by atoms with Crippen molar-refractivity contribution in [2.45, 2.75) is 25.7 Å². The third-order valence-corrected chi connectivity index (χ3v) is 6.04. The van der Waals surface area contributed by atoms with Crippen molar-refractivity contribution in [1.82, 2.24) is 9.97 Å². The molecule has 2 heterocycles. The molecule has 1 atom stereocenters. The third-order valence-electron chi connectivity index (χ3n) is 6.04. The summed E-state index contributed by atoms with van der Waals surface area (Å²) in [5.74, 6) is -2.34.